The van der Waals surface area contributed by atoms with Crippen molar-refractivity contribution in [3.63, 3.8) is 0 Å². The van der Waals surface area contributed by atoms with E-state index in [4.69, 9.17) is 0 Å². The average Bonchev–Trinajstić information content (AvgIpc) is 3.20. The Hall–Kier alpha value is -2.08. The van der Waals surface area contributed by atoms with Crippen LogP contribution in [0.15, 0.2) is 56.1 Å². The smallest absolute Gasteiger partial charge is 0.264 e. The van der Waals surface area contributed by atoms with Crippen LogP contribution >= 0.6 is 27.3 Å². The van der Waals surface area contributed by atoms with E-state index in [-0.39, 0.29) is 9.77 Å². The molecule has 1 saturated heterocycles. The van der Waals surface area contributed by atoms with Crippen molar-refractivity contribution in [3.05, 3.63) is 57.4 Å². The minimum Gasteiger partial charge on any atom is -0.353 e. The summed E-state index contributed by atoms with van der Waals surface area (Å²) in [5.74, 6) is 0.821. The molecule has 1 aliphatic rings. The van der Waals surface area contributed by atoms with Gasteiger partial charge in [-0.3, -0.25) is 4.79 Å². The van der Waals surface area contributed by atoms with Gasteiger partial charge >= 0.3 is 0 Å². The van der Waals surface area contributed by atoms with E-state index in [0.29, 0.717) is 36.8 Å². The topological polar surface area (TPSA) is 99.3 Å². The summed E-state index contributed by atoms with van der Waals surface area (Å²) in [4.78, 5) is 18.3. The Balaban J connectivity index is 1.50. The molecule has 0 saturated carbocycles. The molecule has 146 valence electrons. The van der Waals surface area contributed by atoms with Gasteiger partial charge in [-0.1, -0.05) is 0 Å². The number of hydrogen-bond acceptors (Lipinski definition) is 7. The Labute approximate surface area is 174 Å². The van der Waals surface area contributed by atoms with Crippen molar-refractivity contribution in [1.82, 2.24) is 19.5 Å². The first kappa shape index (κ1) is 19.2. The summed E-state index contributed by atoms with van der Waals surface area (Å²) >= 11 is 4.63. The van der Waals surface area contributed by atoms with Crippen molar-refractivity contribution in [2.75, 3.05) is 31.1 Å². The van der Waals surface area contributed by atoms with Gasteiger partial charge in [0.1, 0.15) is 15.7 Å². The Morgan fingerprint density at radius 2 is 1.86 bits per heavy atom. The van der Waals surface area contributed by atoms with Gasteiger partial charge in [0.05, 0.1) is 9.35 Å². The van der Waals surface area contributed by atoms with Crippen LogP contribution in [0.25, 0.3) is 10.6 Å². The molecule has 0 spiro atoms. The predicted octanol–water partition coefficient (Wildman–Crippen LogP) is 2.17. The van der Waals surface area contributed by atoms with Crippen molar-refractivity contribution >= 4 is 43.1 Å². The highest BCUT2D eigenvalue weighted by Gasteiger charge is 2.30. The van der Waals surface area contributed by atoms with Crippen LogP contribution in [-0.4, -0.2) is 54.1 Å². The van der Waals surface area contributed by atoms with E-state index in [0.717, 1.165) is 21.6 Å². The summed E-state index contributed by atoms with van der Waals surface area (Å²) < 4.78 is 28.7. The van der Waals surface area contributed by atoms with E-state index in [9.17, 15) is 13.2 Å². The molecule has 0 bridgehead atoms. The Morgan fingerprint density at radius 1 is 1.07 bits per heavy atom. The van der Waals surface area contributed by atoms with E-state index in [2.05, 4.69) is 36.0 Å². The first-order valence-electron chi connectivity index (χ1n) is 8.47. The molecule has 3 aromatic heterocycles. The van der Waals surface area contributed by atoms with Crippen LogP contribution in [0.2, 0.25) is 0 Å². The third-order valence-corrected chi connectivity index (χ3v) is 8.48. The molecule has 0 atom stereocenters. The number of nitrogens with zero attached hydrogens (tertiary/aromatic N) is 4. The second-order valence-corrected chi connectivity index (χ2v) is 10.2. The lowest BCUT2D eigenvalue weighted by atomic mass is 10.3. The standard InChI is InChI=1S/C17H16BrN5O3S2/c18-12-2-1-7-19-17(12)22-8-10-23(11-9-22)28(25,26)16-6-4-14(27-16)13-3-5-15(24)21-20-13/h1-7H,8-11H2,(H,21,24). The lowest BCUT2D eigenvalue weighted by Gasteiger charge is -2.34. The van der Waals surface area contributed by atoms with Gasteiger partial charge in [-0.25, -0.2) is 18.5 Å². The van der Waals surface area contributed by atoms with Crippen molar-refractivity contribution in [2.24, 2.45) is 0 Å². The molecule has 1 aliphatic heterocycles. The lowest BCUT2D eigenvalue weighted by molar-refractivity contribution is 0.384. The highest BCUT2D eigenvalue weighted by molar-refractivity contribution is 9.10. The van der Waals surface area contributed by atoms with Crippen molar-refractivity contribution in [3.8, 4) is 10.6 Å². The van der Waals surface area contributed by atoms with Crippen LogP contribution in [-0.2, 0) is 10.0 Å². The van der Waals surface area contributed by atoms with Crippen LogP contribution in [0.1, 0.15) is 0 Å². The Bertz CT molecular complexity index is 1130. The highest BCUT2D eigenvalue weighted by atomic mass is 79.9. The molecule has 0 radical (unpaired) electrons. The van der Waals surface area contributed by atoms with Gasteiger partial charge in [-0.15, -0.1) is 11.3 Å². The fraction of sp³-hybridized carbons (Fsp3) is 0.235. The zero-order chi connectivity index (χ0) is 19.7. The van der Waals surface area contributed by atoms with Crippen molar-refractivity contribution in [1.29, 1.82) is 0 Å². The first-order chi connectivity index (χ1) is 13.4. The maximum atomic E-state index is 13.0. The largest absolute Gasteiger partial charge is 0.353 e. The van der Waals surface area contributed by atoms with Crippen LogP contribution in [0.3, 0.4) is 0 Å². The molecule has 28 heavy (non-hydrogen) atoms. The van der Waals surface area contributed by atoms with Crippen molar-refractivity contribution < 1.29 is 8.42 Å². The van der Waals surface area contributed by atoms with Gasteiger partial charge in [0.2, 0.25) is 0 Å². The molecular weight excluding hydrogens is 466 g/mol. The highest BCUT2D eigenvalue weighted by Crippen LogP contribution is 2.32. The average molecular weight is 482 g/mol. The number of nitrogens with one attached hydrogen (secondary N) is 1. The van der Waals surface area contributed by atoms with E-state index in [1.807, 2.05) is 12.1 Å². The van der Waals surface area contributed by atoms with E-state index in [1.54, 1.807) is 24.4 Å². The molecule has 0 unspecified atom stereocenters. The molecular formula is C17H16BrN5O3S2. The fourth-order valence-corrected chi connectivity index (χ4v) is 6.31. The van der Waals surface area contributed by atoms with Crippen LogP contribution < -0.4 is 10.5 Å². The number of anilines is 1. The number of aromatic nitrogens is 3. The van der Waals surface area contributed by atoms with Gasteiger partial charge in [0.25, 0.3) is 15.6 Å². The number of sulfonamides is 1. The summed E-state index contributed by atoms with van der Waals surface area (Å²) in [6.45, 7) is 1.90. The van der Waals surface area contributed by atoms with E-state index < -0.39 is 10.0 Å². The zero-order valence-corrected chi connectivity index (χ0v) is 17.8. The number of halogens is 1. The molecule has 3 aromatic rings. The molecule has 4 rings (SSSR count). The van der Waals surface area contributed by atoms with Gasteiger partial charge in [0.15, 0.2) is 0 Å². The number of piperazine rings is 1. The summed E-state index contributed by atoms with van der Waals surface area (Å²) in [7, 11) is -3.58. The molecule has 0 aliphatic carbocycles. The number of thiophene rings is 1. The second kappa shape index (κ2) is 7.74. The molecule has 1 fully saturated rings. The van der Waals surface area contributed by atoms with E-state index >= 15 is 0 Å². The molecule has 0 amide bonds. The second-order valence-electron chi connectivity index (χ2n) is 6.13. The van der Waals surface area contributed by atoms with Gasteiger partial charge in [0, 0.05) is 38.4 Å². The molecule has 8 nitrogen and oxygen atoms in total. The van der Waals surface area contributed by atoms with Crippen LogP contribution in [0, 0.1) is 0 Å². The van der Waals surface area contributed by atoms with Crippen LogP contribution in [0.4, 0.5) is 5.82 Å². The van der Waals surface area contributed by atoms with Gasteiger partial charge in [-0.2, -0.15) is 9.40 Å². The summed E-state index contributed by atoms with van der Waals surface area (Å²) in [6.07, 6.45) is 1.72. The maximum absolute atomic E-state index is 13.0. The lowest BCUT2D eigenvalue weighted by Crippen LogP contribution is -2.48. The maximum Gasteiger partial charge on any atom is 0.264 e. The normalized spacial score (nSPS) is 15.7. The monoisotopic (exact) mass is 481 g/mol. The number of pyridine rings is 1. The molecule has 1 N–H and O–H groups in total. The SMILES string of the molecule is O=c1ccc(-c2ccc(S(=O)(=O)N3CCN(c4ncccc4Br)CC3)s2)n[nH]1. The predicted molar refractivity (Wildman–Crippen MR) is 111 cm³/mol. The van der Waals surface area contributed by atoms with Crippen molar-refractivity contribution in [2.45, 2.75) is 4.21 Å². The number of rotatable bonds is 4. The third-order valence-electron chi connectivity index (χ3n) is 4.38. The minimum absolute atomic E-state index is 0.267. The number of H-pyrrole nitrogens is 1. The zero-order valence-electron chi connectivity index (χ0n) is 14.6. The van der Waals surface area contributed by atoms with E-state index in [1.165, 1.54) is 10.4 Å². The first-order valence-corrected chi connectivity index (χ1v) is 11.5. The minimum atomic E-state index is -3.58. The molecule has 11 heteroatoms. The summed E-state index contributed by atoms with van der Waals surface area (Å²) in [5, 5.41) is 6.32. The number of hydrogen-bond donors (Lipinski definition) is 1. The number of aromatic amines is 1. The third kappa shape index (κ3) is 3.75. The van der Waals surface area contributed by atoms with Gasteiger partial charge in [-0.05, 0) is 46.3 Å². The quantitative estimate of drug-likeness (QED) is 0.612. The Morgan fingerprint density at radius 3 is 2.54 bits per heavy atom. The fourth-order valence-electron chi connectivity index (χ4n) is 2.96. The summed E-state index contributed by atoms with van der Waals surface area (Å²) in [5.41, 5.74) is 0.237. The van der Waals surface area contributed by atoms with Gasteiger partial charge < -0.3 is 4.90 Å². The van der Waals surface area contributed by atoms with Crippen LogP contribution in [0.5, 0.6) is 0 Å². The molecule has 4 heterocycles. The summed E-state index contributed by atoms with van der Waals surface area (Å²) in [6, 6.07) is 10.0. The Kier molecular flexibility index (Phi) is 5.32. The molecule has 0 aromatic carbocycles.